The van der Waals surface area contributed by atoms with Gasteiger partial charge in [-0.15, -0.1) is 0 Å². The standard InChI is InChI=1S/C10H18N2O8P2/c1-6-10(13)9(4-12-7(2)21(14,15)16)8(3-11-6)5-20-22(17,18)19/h3,7,12-13H,4-5H2,1-2H3,(H2,14,15,16)(H2,17,18,19)/t7-/m0/s1. The summed E-state index contributed by atoms with van der Waals surface area (Å²) in [6.07, 6.45) is 1.27. The van der Waals surface area contributed by atoms with Gasteiger partial charge in [0, 0.05) is 23.9 Å². The molecule has 1 aromatic heterocycles. The van der Waals surface area contributed by atoms with Crippen LogP contribution in [0.3, 0.4) is 0 Å². The summed E-state index contributed by atoms with van der Waals surface area (Å²) >= 11 is 0. The molecule has 0 spiro atoms. The van der Waals surface area contributed by atoms with Crippen LogP contribution in [0.25, 0.3) is 0 Å². The molecule has 0 aliphatic rings. The number of aromatic nitrogens is 1. The summed E-state index contributed by atoms with van der Waals surface area (Å²) in [6, 6.07) is 0. The van der Waals surface area contributed by atoms with E-state index in [0.717, 1.165) is 0 Å². The molecule has 0 amide bonds. The van der Waals surface area contributed by atoms with Gasteiger partial charge in [0.1, 0.15) is 11.5 Å². The Morgan fingerprint density at radius 2 is 1.91 bits per heavy atom. The van der Waals surface area contributed by atoms with Gasteiger partial charge in [-0.05, 0) is 13.8 Å². The molecular formula is C10H18N2O8P2. The minimum Gasteiger partial charge on any atom is -0.506 e. The number of hydrogen-bond donors (Lipinski definition) is 6. The first-order valence-electron chi connectivity index (χ1n) is 6.07. The zero-order valence-electron chi connectivity index (χ0n) is 11.9. The Labute approximate surface area is 126 Å². The largest absolute Gasteiger partial charge is 0.506 e. The van der Waals surface area contributed by atoms with Crippen LogP contribution in [0.2, 0.25) is 0 Å². The molecular weight excluding hydrogens is 338 g/mol. The van der Waals surface area contributed by atoms with E-state index >= 15 is 0 Å². The van der Waals surface area contributed by atoms with Gasteiger partial charge < -0.3 is 24.7 Å². The fourth-order valence-corrected chi connectivity index (χ4v) is 2.16. The lowest BCUT2D eigenvalue weighted by atomic mass is 10.1. The van der Waals surface area contributed by atoms with Crippen LogP contribution in [0, 0.1) is 6.92 Å². The van der Waals surface area contributed by atoms with E-state index in [2.05, 4.69) is 14.8 Å². The third-order valence-corrected chi connectivity index (χ3v) is 4.55. The van der Waals surface area contributed by atoms with Crippen LogP contribution in [0.4, 0.5) is 0 Å². The Kier molecular flexibility index (Phi) is 6.26. The number of phosphoric ester groups is 1. The van der Waals surface area contributed by atoms with Crippen LogP contribution in [-0.4, -0.2) is 35.4 Å². The van der Waals surface area contributed by atoms with Crippen molar-refractivity contribution < 1.29 is 38.3 Å². The lowest BCUT2D eigenvalue weighted by Gasteiger charge is -2.18. The van der Waals surface area contributed by atoms with Crippen LogP contribution < -0.4 is 5.32 Å². The Balaban J connectivity index is 2.98. The fraction of sp³-hybridized carbons (Fsp3) is 0.500. The number of hydrogen-bond acceptors (Lipinski definition) is 6. The summed E-state index contributed by atoms with van der Waals surface area (Å²) in [6.45, 7) is 2.14. The SMILES string of the molecule is Cc1ncc(COP(=O)(O)O)c(CN[C@H](C)P(=O)(O)O)c1O. The molecule has 0 unspecified atom stereocenters. The zero-order chi connectivity index (χ0) is 17.1. The number of nitrogens with one attached hydrogen (secondary N) is 1. The summed E-state index contributed by atoms with van der Waals surface area (Å²) in [5.41, 5.74) is 0.652. The first-order chi connectivity index (χ1) is 9.92. The lowest BCUT2D eigenvalue weighted by molar-refractivity contribution is 0.188. The minimum atomic E-state index is -4.70. The smallest absolute Gasteiger partial charge is 0.469 e. The monoisotopic (exact) mass is 356 g/mol. The number of phosphoric acid groups is 1. The third kappa shape index (κ3) is 5.75. The topological polar surface area (TPSA) is 169 Å². The Hall–Kier alpha value is -0.830. The maximum absolute atomic E-state index is 11.1. The van der Waals surface area contributed by atoms with Crippen LogP contribution in [0.5, 0.6) is 5.75 Å². The van der Waals surface area contributed by atoms with Gasteiger partial charge >= 0.3 is 15.4 Å². The van der Waals surface area contributed by atoms with E-state index < -0.39 is 27.8 Å². The quantitative estimate of drug-likeness (QED) is 0.374. The van der Waals surface area contributed by atoms with Crippen LogP contribution in [-0.2, 0) is 26.8 Å². The molecule has 1 aromatic rings. The highest BCUT2D eigenvalue weighted by molar-refractivity contribution is 7.52. The summed E-state index contributed by atoms with van der Waals surface area (Å²) < 4.78 is 26.2. The van der Waals surface area contributed by atoms with Crippen molar-refractivity contribution in [2.24, 2.45) is 0 Å². The van der Waals surface area contributed by atoms with Gasteiger partial charge in [-0.2, -0.15) is 0 Å². The molecule has 12 heteroatoms. The van der Waals surface area contributed by atoms with Crippen molar-refractivity contribution in [2.45, 2.75) is 32.8 Å². The normalized spacial score (nSPS) is 14.1. The van der Waals surface area contributed by atoms with E-state index in [4.69, 9.17) is 19.6 Å². The number of aryl methyl sites for hydroxylation is 1. The molecule has 0 saturated heterocycles. The first-order valence-corrected chi connectivity index (χ1v) is 9.28. The molecule has 0 aliphatic carbocycles. The Morgan fingerprint density at radius 1 is 1.32 bits per heavy atom. The fourth-order valence-electron chi connectivity index (χ4n) is 1.53. The highest BCUT2D eigenvalue weighted by Crippen LogP contribution is 2.40. The summed E-state index contributed by atoms with van der Waals surface area (Å²) in [5, 5.41) is 12.5. The van der Waals surface area contributed by atoms with Crippen LogP contribution >= 0.6 is 15.4 Å². The summed E-state index contributed by atoms with van der Waals surface area (Å²) in [4.78, 5) is 39.3. The van der Waals surface area contributed by atoms with Crippen molar-refractivity contribution in [3.8, 4) is 5.75 Å². The van der Waals surface area contributed by atoms with Gasteiger partial charge in [-0.25, -0.2) is 4.57 Å². The molecule has 1 rings (SSSR count). The third-order valence-electron chi connectivity index (χ3n) is 2.90. The number of pyridine rings is 1. The van der Waals surface area contributed by atoms with Gasteiger partial charge in [-0.1, -0.05) is 0 Å². The second-order valence-corrected chi connectivity index (χ2v) is 7.80. The predicted molar refractivity (Wildman–Crippen MR) is 75.8 cm³/mol. The molecule has 10 nitrogen and oxygen atoms in total. The molecule has 22 heavy (non-hydrogen) atoms. The average Bonchev–Trinajstić information content (AvgIpc) is 2.36. The van der Waals surface area contributed by atoms with Crippen molar-refractivity contribution in [3.05, 3.63) is 23.0 Å². The van der Waals surface area contributed by atoms with E-state index in [9.17, 15) is 14.2 Å². The minimum absolute atomic E-state index is 0.138. The van der Waals surface area contributed by atoms with Gasteiger partial charge in [0.05, 0.1) is 12.3 Å². The molecule has 0 radical (unpaired) electrons. The van der Waals surface area contributed by atoms with Gasteiger partial charge in [-0.3, -0.25) is 19.4 Å². The van der Waals surface area contributed by atoms with Gasteiger partial charge in [0.2, 0.25) is 0 Å². The molecule has 0 saturated carbocycles. The van der Waals surface area contributed by atoms with Crippen molar-refractivity contribution in [3.63, 3.8) is 0 Å². The predicted octanol–water partition coefficient (Wildman–Crippen LogP) is 0.318. The van der Waals surface area contributed by atoms with E-state index in [1.54, 1.807) is 0 Å². The molecule has 0 aromatic carbocycles. The molecule has 1 heterocycles. The second kappa shape index (κ2) is 7.16. The molecule has 6 N–H and O–H groups in total. The summed E-state index contributed by atoms with van der Waals surface area (Å²) in [5.74, 6) is -1.40. The van der Waals surface area contributed by atoms with Gasteiger partial charge in [0.15, 0.2) is 0 Å². The van der Waals surface area contributed by atoms with Crippen molar-refractivity contribution in [2.75, 3.05) is 0 Å². The van der Waals surface area contributed by atoms with E-state index in [-0.39, 0.29) is 29.1 Å². The molecule has 126 valence electrons. The van der Waals surface area contributed by atoms with E-state index in [0.29, 0.717) is 0 Å². The van der Waals surface area contributed by atoms with Crippen LogP contribution in [0.1, 0.15) is 23.7 Å². The number of rotatable bonds is 7. The van der Waals surface area contributed by atoms with Crippen molar-refractivity contribution in [1.29, 1.82) is 0 Å². The number of nitrogens with zero attached hydrogens (tertiary/aromatic N) is 1. The Morgan fingerprint density at radius 3 is 2.41 bits per heavy atom. The van der Waals surface area contributed by atoms with Gasteiger partial charge in [0.25, 0.3) is 0 Å². The molecule has 0 bridgehead atoms. The van der Waals surface area contributed by atoms with E-state index in [1.807, 2.05) is 0 Å². The first kappa shape index (κ1) is 19.2. The van der Waals surface area contributed by atoms with Crippen molar-refractivity contribution in [1.82, 2.24) is 10.3 Å². The Bertz CT molecular complexity index is 626. The summed E-state index contributed by atoms with van der Waals surface area (Å²) in [7, 11) is -9.04. The maximum Gasteiger partial charge on any atom is 0.469 e. The highest BCUT2D eigenvalue weighted by atomic mass is 31.2. The highest BCUT2D eigenvalue weighted by Gasteiger charge is 2.24. The number of aromatic hydroxyl groups is 1. The second-order valence-electron chi connectivity index (χ2n) is 4.61. The lowest BCUT2D eigenvalue weighted by Crippen LogP contribution is -2.26. The average molecular weight is 356 g/mol. The van der Waals surface area contributed by atoms with E-state index in [1.165, 1.54) is 20.0 Å². The zero-order valence-corrected chi connectivity index (χ0v) is 13.7. The molecule has 0 fully saturated rings. The van der Waals surface area contributed by atoms with Crippen LogP contribution in [0.15, 0.2) is 6.20 Å². The maximum atomic E-state index is 11.1. The molecule has 0 aliphatic heterocycles. The molecule has 1 atom stereocenters. The van der Waals surface area contributed by atoms with Crippen molar-refractivity contribution >= 4 is 15.4 Å².